The van der Waals surface area contributed by atoms with E-state index < -0.39 is 0 Å². The summed E-state index contributed by atoms with van der Waals surface area (Å²) in [5.41, 5.74) is 8.34. The van der Waals surface area contributed by atoms with Crippen molar-refractivity contribution in [2.24, 2.45) is 0 Å². The van der Waals surface area contributed by atoms with E-state index in [1.165, 1.54) is 5.56 Å². The van der Waals surface area contributed by atoms with Crippen LogP contribution in [-0.4, -0.2) is 32.0 Å². The molecular formula is C21H25N3O3. The Morgan fingerprint density at radius 1 is 1.04 bits per heavy atom. The summed E-state index contributed by atoms with van der Waals surface area (Å²) in [6.45, 7) is 1.07. The van der Waals surface area contributed by atoms with Gasteiger partial charge >= 0.3 is 0 Å². The lowest BCUT2D eigenvalue weighted by molar-refractivity contribution is -0.128. The highest BCUT2D eigenvalue weighted by Gasteiger charge is 2.18. The Hall–Kier alpha value is -3.02. The van der Waals surface area contributed by atoms with E-state index >= 15 is 0 Å². The highest BCUT2D eigenvalue weighted by atomic mass is 16.5. The van der Waals surface area contributed by atoms with Crippen molar-refractivity contribution in [2.45, 2.75) is 25.7 Å². The van der Waals surface area contributed by atoms with Gasteiger partial charge in [0, 0.05) is 18.7 Å². The molecule has 2 aromatic rings. The van der Waals surface area contributed by atoms with Crippen molar-refractivity contribution >= 4 is 17.5 Å². The molecule has 0 unspecified atom stereocenters. The van der Waals surface area contributed by atoms with Gasteiger partial charge in [0.05, 0.1) is 13.7 Å². The lowest BCUT2D eigenvalue weighted by Crippen LogP contribution is -2.47. The largest absolute Gasteiger partial charge is 0.496 e. The number of aryl methyl sites for hydroxylation is 2. The molecule has 0 saturated carbocycles. The second-order valence-electron chi connectivity index (χ2n) is 6.56. The van der Waals surface area contributed by atoms with Gasteiger partial charge in [0.1, 0.15) is 5.75 Å². The Kier molecular flexibility index (Phi) is 6.30. The van der Waals surface area contributed by atoms with Gasteiger partial charge in [-0.05, 0) is 42.5 Å². The number of fused-ring (bicyclic) bond motifs is 1. The molecule has 0 bridgehead atoms. The van der Waals surface area contributed by atoms with E-state index in [1.54, 1.807) is 7.11 Å². The third-order valence-corrected chi connectivity index (χ3v) is 4.70. The molecule has 6 nitrogen and oxygen atoms in total. The zero-order valence-corrected chi connectivity index (χ0v) is 15.5. The molecule has 142 valence electrons. The van der Waals surface area contributed by atoms with Gasteiger partial charge in [-0.25, -0.2) is 0 Å². The van der Waals surface area contributed by atoms with E-state index in [4.69, 9.17) is 4.74 Å². The van der Waals surface area contributed by atoms with E-state index in [0.717, 1.165) is 36.4 Å². The molecule has 2 amide bonds. The van der Waals surface area contributed by atoms with Crippen LogP contribution in [0, 0.1) is 0 Å². The maximum atomic E-state index is 12.2. The van der Waals surface area contributed by atoms with Gasteiger partial charge in [0.2, 0.25) is 5.91 Å². The first-order chi connectivity index (χ1) is 13.2. The number of carbonyl (C=O) groups excluding carboxylic acids is 2. The van der Waals surface area contributed by atoms with Crippen LogP contribution < -0.4 is 20.5 Å². The maximum absolute atomic E-state index is 12.2. The highest BCUT2D eigenvalue weighted by molar-refractivity contribution is 5.85. The molecule has 27 heavy (non-hydrogen) atoms. The quantitative estimate of drug-likeness (QED) is 0.768. The van der Waals surface area contributed by atoms with Crippen LogP contribution in [0.4, 0.5) is 5.69 Å². The summed E-state index contributed by atoms with van der Waals surface area (Å²) in [6, 6.07) is 15.7. The molecule has 1 heterocycles. The molecule has 1 aliphatic rings. The monoisotopic (exact) mass is 367 g/mol. The predicted molar refractivity (Wildman–Crippen MR) is 105 cm³/mol. The molecule has 0 radical (unpaired) electrons. The number of nitrogens with one attached hydrogen (secondary N) is 2. The third-order valence-electron chi connectivity index (χ3n) is 4.70. The molecular weight excluding hydrogens is 342 g/mol. The average Bonchev–Trinajstić information content (AvgIpc) is 2.71. The van der Waals surface area contributed by atoms with E-state index in [0.29, 0.717) is 6.42 Å². The molecule has 0 fully saturated rings. The van der Waals surface area contributed by atoms with Crippen LogP contribution in [0.2, 0.25) is 0 Å². The number of anilines is 1. The van der Waals surface area contributed by atoms with Gasteiger partial charge in [-0.1, -0.05) is 36.4 Å². The molecule has 0 saturated heterocycles. The fourth-order valence-electron chi connectivity index (χ4n) is 3.35. The zero-order valence-electron chi connectivity index (χ0n) is 15.5. The van der Waals surface area contributed by atoms with Crippen LogP contribution in [-0.2, 0) is 22.4 Å². The second-order valence-corrected chi connectivity index (χ2v) is 6.56. The van der Waals surface area contributed by atoms with Crippen molar-refractivity contribution in [2.75, 3.05) is 25.1 Å². The van der Waals surface area contributed by atoms with Crippen LogP contribution in [0.25, 0.3) is 0 Å². The lowest BCUT2D eigenvalue weighted by Gasteiger charge is -2.30. The molecule has 0 aliphatic carbocycles. The number of hydrogen-bond acceptors (Lipinski definition) is 4. The first-order valence-corrected chi connectivity index (χ1v) is 9.20. The molecule has 0 atom stereocenters. The summed E-state index contributed by atoms with van der Waals surface area (Å²) in [4.78, 5) is 26.3. The Bertz CT molecular complexity index is 807. The SMILES string of the molecule is COc1ccccc1CCC(=O)NNC(=O)CN1CCCc2ccccc21. The number of carbonyl (C=O) groups is 2. The minimum Gasteiger partial charge on any atom is -0.496 e. The average molecular weight is 367 g/mol. The van der Waals surface area contributed by atoms with Crippen molar-refractivity contribution in [1.29, 1.82) is 0 Å². The zero-order chi connectivity index (χ0) is 19.1. The Balaban J connectivity index is 1.45. The van der Waals surface area contributed by atoms with Crippen molar-refractivity contribution < 1.29 is 14.3 Å². The number of hydrogen-bond donors (Lipinski definition) is 2. The first kappa shape index (κ1) is 18.8. The summed E-state index contributed by atoms with van der Waals surface area (Å²) in [5.74, 6) is 0.309. The van der Waals surface area contributed by atoms with Crippen LogP contribution in [0.3, 0.4) is 0 Å². The standard InChI is InChI=1S/C21H25N3O3/c1-27-19-11-5-3-8-17(19)12-13-20(25)22-23-21(26)15-24-14-6-9-16-7-2-4-10-18(16)24/h2-5,7-8,10-11H,6,9,12-15H2,1H3,(H,22,25)(H,23,26). The van der Waals surface area contributed by atoms with Crippen molar-refractivity contribution in [1.82, 2.24) is 10.9 Å². The van der Waals surface area contributed by atoms with Gasteiger partial charge in [0.25, 0.3) is 5.91 Å². The van der Waals surface area contributed by atoms with Gasteiger partial charge in [-0.2, -0.15) is 0 Å². The van der Waals surface area contributed by atoms with Gasteiger partial charge in [-0.15, -0.1) is 0 Å². The topological polar surface area (TPSA) is 70.7 Å². The normalized spacial score (nSPS) is 12.9. The number of methoxy groups -OCH3 is 1. The van der Waals surface area contributed by atoms with E-state index in [1.807, 2.05) is 42.5 Å². The molecule has 6 heteroatoms. The minimum atomic E-state index is -0.228. The van der Waals surface area contributed by atoms with Crippen LogP contribution in [0.5, 0.6) is 5.75 Å². The smallest absolute Gasteiger partial charge is 0.257 e. The molecule has 2 N–H and O–H groups in total. The number of ether oxygens (including phenoxy) is 1. The van der Waals surface area contributed by atoms with Crippen LogP contribution in [0.15, 0.2) is 48.5 Å². The highest BCUT2D eigenvalue weighted by Crippen LogP contribution is 2.26. The van der Waals surface area contributed by atoms with Crippen LogP contribution in [0.1, 0.15) is 24.0 Å². The van der Waals surface area contributed by atoms with Gasteiger partial charge in [-0.3, -0.25) is 20.4 Å². The summed E-state index contributed by atoms with van der Waals surface area (Å²) < 4.78 is 5.28. The molecule has 1 aliphatic heterocycles. The first-order valence-electron chi connectivity index (χ1n) is 9.20. The summed E-state index contributed by atoms with van der Waals surface area (Å²) >= 11 is 0. The van der Waals surface area contributed by atoms with E-state index in [-0.39, 0.29) is 24.8 Å². The van der Waals surface area contributed by atoms with Crippen molar-refractivity contribution in [3.63, 3.8) is 0 Å². The molecule has 0 spiro atoms. The van der Waals surface area contributed by atoms with Crippen molar-refractivity contribution in [3.05, 3.63) is 59.7 Å². The lowest BCUT2D eigenvalue weighted by atomic mass is 10.0. The molecule has 0 aromatic heterocycles. The molecule has 3 rings (SSSR count). The second kappa shape index (κ2) is 9.07. The summed E-state index contributed by atoms with van der Waals surface area (Å²) in [6.07, 6.45) is 2.88. The number of amides is 2. The third kappa shape index (κ3) is 5.00. The number of benzene rings is 2. The number of para-hydroxylation sites is 2. The number of hydrazine groups is 1. The Labute approximate surface area is 159 Å². The van der Waals surface area contributed by atoms with E-state index in [2.05, 4.69) is 21.8 Å². The van der Waals surface area contributed by atoms with Crippen LogP contribution >= 0.6 is 0 Å². The van der Waals surface area contributed by atoms with Gasteiger partial charge < -0.3 is 9.64 Å². The number of nitrogens with zero attached hydrogens (tertiary/aromatic N) is 1. The predicted octanol–water partition coefficient (Wildman–Crippen LogP) is 2.23. The molecule has 2 aromatic carbocycles. The van der Waals surface area contributed by atoms with Gasteiger partial charge in [0.15, 0.2) is 0 Å². The Morgan fingerprint density at radius 3 is 2.63 bits per heavy atom. The summed E-state index contributed by atoms with van der Waals surface area (Å²) in [5, 5.41) is 0. The Morgan fingerprint density at radius 2 is 1.78 bits per heavy atom. The fourth-order valence-corrected chi connectivity index (χ4v) is 3.35. The maximum Gasteiger partial charge on any atom is 0.257 e. The van der Waals surface area contributed by atoms with Crippen molar-refractivity contribution in [3.8, 4) is 5.75 Å². The fraction of sp³-hybridized carbons (Fsp3) is 0.333. The van der Waals surface area contributed by atoms with E-state index in [9.17, 15) is 9.59 Å². The number of rotatable bonds is 6. The minimum absolute atomic E-state index is 0.225. The summed E-state index contributed by atoms with van der Waals surface area (Å²) in [7, 11) is 1.61.